The average molecular weight is 315 g/mol. The van der Waals surface area contributed by atoms with E-state index in [4.69, 9.17) is 4.74 Å². The number of aliphatic hydroxyl groups excluding tert-OH is 1. The second-order valence-corrected chi connectivity index (χ2v) is 5.26. The van der Waals surface area contributed by atoms with Crippen molar-refractivity contribution in [1.82, 2.24) is 5.32 Å². The third-order valence-corrected chi connectivity index (χ3v) is 3.57. The van der Waals surface area contributed by atoms with Gasteiger partial charge < -0.3 is 20.3 Å². The molecule has 0 aliphatic carbocycles. The van der Waals surface area contributed by atoms with Crippen molar-refractivity contribution in [1.29, 1.82) is 0 Å². The smallest absolute Gasteiger partial charge is 0.261 e. The summed E-state index contributed by atoms with van der Waals surface area (Å²) in [5.41, 5.74) is -0.898. The van der Waals surface area contributed by atoms with Crippen molar-refractivity contribution in [2.45, 2.75) is 11.7 Å². The second-order valence-electron chi connectivity index (χ2n) is 5.26. The summed E-state index contributed by atoms with van der Waals surface area (Å²) in [6.45, 7) is 0.101. The van der Waals surface area contributed by atoms with E-state index in [1.807, 2.05) is 12.1 Å². The molecule has 0 unspecified atom stereocenters. The van der Waals surface area contributed by atoms with Gasteiger partial charge in [0.2, 0.25) is 0 Å². The van der Waals surface area contributed by atoms with Crippen LogP contribution < -0.4 is 5.32 Å². The predicted molar refractivity (Wildman–Crippen MR) is 86.8 cm³/mol. The number of nitrogens with one attached hydrogen (secondary N) is 1. The Labute approximate surface area is 135 Å². The zero-order chi connectivity index (χ0) is 16.7. The standard InChI is InChI=1S/C18H21NO4/c1-23-13-16(20)12-19-17(21)18(22,14-8-4-2-5-9-14)15-10-6-3-7-11-15/h2-11,16,20,22H,12-13H2,1H3,(H,19,21)/t16-/m0/s1. The molecule has 3 N–H and O–H groups in total. The van der Waals surface area contributed by atoms with Crippen LogP contribution in [0, 0.1) is 0 Å². The molecular weight excluding hydrogens is 294 g/mol. The summed E-state index contributed by atoms with van der Waals surface area (Å²) in [4.78, 5) is 12.7. The lowest BCUT2D eigenvalue weighted by atomic mass is 9.85. The first-order valence-electron chi connectivity index (χ1n) is 7.37. The first-order chi connectivity index (χ1) is 11.1. The summed E-state index contributed by atoms with van der Waals surface area (Å²) in [7, 11) is 1.47. The summed E-state index contributed by atoms with van der Waals surface area (Å²) in [6, 6.07) is 17.4. The highest BCUT2D eigenvalue weighted by molar-refractivity contribution is 5.90. The molecule has 0 radical (unpaired) electrons. The maximum Gasteiger partial charge on any atom is 0.261 e. The van der Waals surface area contributed by atoms with Gasteiger partial charge in [-0.2, -0.15) is 0 Å². The Kier molecular flexibility index (Phi) is 5.87. The number of amides is 1. The fourth-order valence-electron chi connectivity index (χ4n) is 2.38. The molecule has 2 aromatic rings. The zero-order valence-electron chi connectivity index (χ0n) is 13.0. The van der Waals surface area contributed by atoms with Gasteiger partial charge in [0.1, 0.15) is 0 Å². The topological polar surface area (TPSA) is 78.8 Å². The first-order valence-corrected chi connectivity index (χ1v) is 7.37. The number of aliphatic hydroxyl groups is 2. The van der Waals surface area contributed by atoms with E-state index < -0.39 is 17.6 Å². The van der Waals surface area contributed by atoms with E-state index in [1.54, 1.807) is 48.5 Å². The molecule has 0 spiro atoms. The molecule has 0 saturated heterocycles. The SMILES string of the molecule is COC[C@@H](O)CNC(=O)C(O)(c1ccccc1)c1ccccc1. The van der Waals surface area contributed by atoms with Gasteiger partial charge in [-0.15, -0.1) is 0 Å². The largest absolute Gasteiger partial charge is 0.389 e. The maximum atomic E-state index is 12.7. The molecule has 0 fully saturated rings. The molecule has 0 saturated carbocycles. The van der Waals surface area contributed by atoms with Gasteiger partial charge in [-0.3, -0.25) is 4.79 Å². The van der Waals surface area contributed by atoms with Gasteiger partial charge in [0.15, 0.2) is 5.60 Å². The Hall–Kier alpha value is -2.21. The second kappa shape index (κ2) is 7.87. The predicted octanol–water partition coefficient (Wildman–Crippen LogP) is 1.05. The van der Waals surface area contributed by atoms with Crippen LogP contribution in [0.25, 0.3) is 0 Å². The molecule has 0 aliphatic heterocycles. The third kappa shape index (κ3) is 3.96. The number of ether oxygens (including phenoxy) is 1. The van der Waals surface area contributed by atoms with Crippen molar-refractivity contribution in [2.75, 3.05) is 20.3 Å². The van der Waals surface area contributed by atoms with E-state index in [-0.39, 0.29) is 13.2 Å². The van der Waals surface area contributed by atoms with Crippen molar-refractivity contribution in [3.63, 3.8) is 0 Å². The van der Waals surface area contributed by atoms with Crippen molar-refractivity contribution >= 4 is 5.91 Å². The molecular formula is C18H21NO4. The average Bonchev–Trinajstić information content (AvgIpc) is 2.60. The minimum Gasteiger partial charge on any atom is -0.389 e. The van der Waals surface area contributed by atoms with E-state index in [2.05, 4.69) is 5.32 Å². The van der Waals surface area contributed by atoms with E-state index in [9.17, 15) is 15.0 Å². The fraction of sp³-hybridized carbons (Fsp3) is 0.278. The lowest BCUT2D eigenvalue weighted by Gasteiger charge is -2.28. The number of hydrogen-bond donors (Lipinski definition) is 3. The van der Waals surface area contributed by atoms with Crippen LogP contribution in [0.5, 0.6) is 0 Å². The van der Waals surface area contributed by atoms with E-state index in [0.717, 1.165) is 0 Å². The Morgan fingerprint density at radius 3 is 2.00 bits per heavy atom. The number of carbonyl (C=O) groups is 1. The zero-order valence-corrected chi connectivity index (χ0v) is 13.0. The fourth-order valence-corrected chi connectivity index (χ4v) is 2.38. The van der Waals surface area contributed by atoms with Gasteiger partial charge >= 0.3 is 0 Å². The number of hydrogen-bond acceptors (Lipinski definition) is 4. The van der Waals surface area contributed by atoms with Crippen molar-refractivity contribution in [3.05, 3.63) is 71.8 Å². The number of rotatable bonds is 7. The lowest BCUT2D eigenvalue weighted by molar-refractivity contribution is -0.137. The molecule has 5 heteroatoms. The van der Waals surface area contributed by atoms with Crippen molar-refractivity contribution < 1.29 is 19.7 Å². The van der Waals surface area contributed by atoms with Crippen molar-refractivity contribution in [2.24, 2.45) is 0 Å². The molecule has 2 rings (SSSR count). The highest BCUT2D eigenvalue weighted by Crippen LogP contribution is 2.29. The Balaban J connectivity index is 2.30. The molecule has 0 aromatic heterocycles. The summed E-state index contributed by atoms with van der Waals surface area (Å²) >= 11 is 0. The molecule has 0 heterocycles. The van der Waals surface area contributed by atoms with Gasteiger partial charge in [0.25, 0.3) is 5.91 Å². The van der Waals surface area contributed by atoms with Gasteiger partial charge in [-0.25, -0.2) is 0 Å². The van der Waals surface area contributed by atoms with Crippen LogP contribution in [0.2, 0.25) is 0 Å². The van der Waals surface area contributed by atoms with Crippen LogP contribution in [0.3, 0.4) is 0 Å². The molecule has 1 atom stereocenters. The normalized spacial score (nSPS) is 12.7. The minimum absolute atomic E-state index is 0.00531. The monoisotopic (exact) mass is 315 g/mol. The van der Waals surface area contributed by atoms with Gasteiger partial charge in [0, 0.05) is 13.7 Å². The quantitative estimate of drug-likeness (QED) is 0.713. The Morgan fingerprint density at radius 2 is 1.57 bits per heavy atom. The highest BCUT2D eigenvalue weighted by atomic mass is 16.5. The van der Waals surface area contributed by atoms with Crippen LogP contribution in [-0.4, -0.2) is 42.5 Å². The first kappa shape index (κ1) is 17.1. The van der Waals surface area contributed by atoms with E-state index >= 15 is 0 Å². The molecule has 0 aliphatic rings. The van der Waals surface area contributed by atoms with Crippen LogP contribution in [0.1, 0.15) is 11.1 Å². The summed E-state index contributed by atoms with van der Waals surface area (Å²) in [5.74, 6) is -0.593. The van der Waals surface area contributed by atoms with Gasteiger partial charge in [-0.1, -0.05) is 60.7 Å². The van der Waals surface area contributed by atoms with Gasteiger partial charge in [-0.05, 0) is 11.1 Å². The number of methoxy groups -OCH3 is 1. The molecule has 0 bridgehead atoms. The summed E-state index contributed by atoms with van der Waals surface area (Å²) in [6.07, 6.45) is -0.834. The molecule has 5 nitrogen and oxygen atoms in total. The van der Waals surface area contributed by atoms with Crippen LogP contribution in [0.15, 0.2) is 60.7 Å². The number of carbonyl (C=O) groups excluding carboxylic acids is 1. The summed E-state index contributed by atoms with van der Waals surface area (Å²) in [5, 5.41) is 23.4. The number of benzene rings is 2. The lowest BCUT2D eigenvalue weighted by Crippen LogP contribution is -2.47. The molecule has 23 heavy (non-hydrogen) atoms. The van der Waals surface area contributed by atoms with E-state index in [1.165, 1.54) is 7.11 Å². The van der Waals surface area contributed by atoms with Crippen LogP contribution in [-0.2, 0) is 15.1 Å². The Bertz CT molecular complexity index is 576. The van der Waals surface area contributed by atoms with Crippen LogP contribution >= 0.6 is 0 Å². The Morgan fingerprint density at radius 1 is 1.09 bits per heavy atom. The molecule has 122 valence electrons. The third-order valence-electron chi connectivity index (χ3n) is 3.57. The molecule has 1 amide bonds. The minimum atomic E-state index is -1.82. The summed E-state index contributed by atoms with van der Waals surface area (Å²) < 4.78 is 4.83. The highest BCUT2D eigenvalue weighted by Gasteiger charge is 2.39. The van der Waals surface area contributed by atoms with Gasteiger partial charge in [0.05, 0.1) is 12.7 Å². The molecule has 2 aromatic carbocycles. The maximum absolute atomic E-state index is 12.7. The van der Waals surface area contributed by atoms with Crippen LogP contribution in [0.4, 0.5) is 0 Å². The van der Waals surface area contributed by atoms with E-state index in [0.29, 0.717) is 11.1 Å². The van der Waals surface area contributed by atoms with Crippen molar-refractivity contribution in [3.8, 4) is 0 Å².